The van der Waals surface area contributed by atoms with Crippen LogP contribution in [0.1, 0.15) is 11.5 Å². The summed E-state index contributed by atoms with van der Waals surface area (Å²) in [7, 11) is 0. The number of aromatic nitrogens is 4. The molecule has 0 saturated carbocycles. The van der Waals surface area contributed by atoms with E-state index in [-0.39, 0.29) is 0 Å². The quantitative estimate of drug-likeness (QED) is 0.809. The molecule has 2 aliphatic heterocycles. The first-order chi connectivity index (χ1) is 12.7. The van der Waals surface area contributed by atoms with Crippen molar-refractivity contribution in [1.29, 1.82) is 0 Å². The van der Waals surface area contributed by atoms with E-state index in [9.17, 15) is 0 Å². The van der Waals surface area contributed by atoms with Crippen molar-refractivity contribution in [3.63, 3.8) is 0 Å². The van der Waals surface area contributed by atoms with Crippen molar-refractivity contribution in [3.05, 3.63) is 29.7 Å². The third kappa shape index (κ3) is 3.70. The molecule has 0 spiro atoms. The van der Waals surface area contributed by atoms with Crippen LogP contribution in [0.4, 0.5) is 17.5 Å². The molecule has 26 heavy (non-hydrogen) atoms. The van der Waals surface area contributed by atoms with E-state index >= 15 is 0 Å². The van der Waals surface area contributed by atoms with Gasteiger partial charge in [-0.1, -0.05) is 0 Å². The van der Waals surface area contributed by atoms with Gasteiger partial charge >= 0.3 is 0 Å². The first-order valence-electron chi connectivity index (χ1n) is 9.18. The van der Waals surface area contributed by atoms with Crippen molar-refractivity contribution in [1.82, 2.24) is 20.2 Å². The first-order valence-corrected chi connectivity index (χ1v) is 9.18. The fourth-order valence-electron chi connectivity index (χ4n) is 3.47. The lowest BCUT2D eigenvalue weighted by Crippen LogP contribution is -2.47. The molecule has 0 amide bonds. The Kier molecular flexibility index (Phi) is 4.83. The molecule has 2 saturated heterocycles. The number of anilines is 3. The Bertz CT molecular complexity index is 717. The van der Waals surface area contributed by atoms with Gasteiger partial charge in [-0.05, 0) is 26.0 Å². The van der Waals surface area contributed by atoms with Crippen LogP contribution in [0.3, 0.4) is 0 Å². The van der Waals surface area contributed by atoms with Gasteiger partial charge in [0.25, 0.3) is 0 Å². The van der Waals surface area contributed by atoms with E-state index < -0.39 is 0 Å². The molecule has 2 aromatic heterocycles. The van der Waals surface area contributed by atoms with Gasteiger partial charge in [0, 0.05) is 51.0 Å². The molecule has 0 radical (unpaired) electrons. The summed E-state index contributed by atoms with van der Waals surface area (Å²) in [6.45, 7) is 10.9. The third-order valence-electron chi connectivity index (χ3n) is 4.85. The van der Waals surface area contributed by atoms with Crippen molar-refractivity contribution in [3.8, 4) is 0 Å². The normalized spacial score (nSPS) is 18.3. The summed E-state index contributed by atoms with van der Waals surface area (Å²) in [6, 6.07) is 6.20. The lowest BCUT2D eigenvalue weighted by atomic mass is 10.3. The van der Waals surface area contributed by atoms with Crippen LogP contribution in [-0.2, 0) is 4.74 Å². The fraction of sp³-hybridized carbons (Fsp3) is 0.556. The molecule has 0 atom stereocenters. The molecule has 0 aliphatic carbocycles. The van der Waals surface area contributed by atoms with Crippen LogP contribution in [0.5, 0.6) is 0 Å². The second-order valence-corrected chi connectivity index (χ2v) is 6.74. The van der Waals surface area contributed by atoms with Gasteiger partial charge in [-0.2, -0.15) is 0 Å². The summed E-state index contributed by atoms with van der Waals surface area (Å²) in [5.74, 6) is 3.72. The van der Waals surface area contributed by atoms with Crippen LogP contribution in [0.2, 0.25) is 0 Å². The number of morpholine rings is 1. The van der Waals surface area contributed by atoms with Crippen molar-refractivity contribution < 1.29 is 4.74 Å². The third-order valence-corrected chi connectivity index (χ3v) is 4.85. The van der Waals surface area contributed by atoms with Gasteiger partial charge in [0.2, 0.25) is 0 Å². The zero-order chi connectivity index (χ0) is 17.9. The summed E-state index contributed by atoms with van der Waals surface area (Å²) in [5.41, 5.74) is 1.01. The lowest BCUT2D eigenvalue weighted by Gasteiger charge is -2.36. The smallest absolute Gasteiger partial charge is 0.151 e. The summed E-state index contributed by atoms with van der Waals surface area (Å²) >= 11 is 0. The second-order valence-electron chi connectivity index (χ2n) is 6.74. The predicted molar refractivity (Wildman–Crippen MR) is 101 cm³/mol. The maximum atomic E-state index is 5.39. The van der Waals surface area contributed by atoms with E-state index in [0.29, 0.717) is 0 Å². The van der Waals surface area contributed by atoms with Crippen LogP contribution >= 0.6 is 0 Å². The number of aryl methyl sites for hydroxylation is 2. The Labute approximate surface area is 153 Å². The van der Waals surface area contributed by atoms with Crippen LogP contribution < -0.4 is 14.7 Å². The minimum absolute atomic E-state index is 0.757. The van der Waals surface area contributed by atoms with Crippen LogP contribution in [0.15, 0.2) is 18.2 Å². The summed E-state index contributed by atoms with van der Waals surface area (Å²) < 4.78 is 5.39. The zero-order valence-corrected chi connectivity index (χ0v) is 15.4. The molecule has 4 heterocycles. The molecule has 8 heteroatoms. The van der Waals surface area contributed by atoms with Gasteiger partial charge in [-0.15, -0.1) is 10.2 Å². The Morgan fingerprint density at radius 1 is 0.731 bits per heavy atom. The number of ether oxygens (including phenoxy) is 1. The first kappa shape index (κ1) is 17.0. The molecule has 0 aromatic carbocycles. The molecular formula is C18H25N7O. The average Bonchev–Trinajstić information content (AvgIpc) is 2.68. The Balaban J connectivity index is 1.38. The van der Waals surface area contributed by atoms with Crippen LogP contribution in [0, 0.1) is 13.8 Å². The number of nitrogens with zero attached hydrogens (tertiary/aromatic N) is 7. The number of piperazine rings is 1. The largest absolute Gasteiger partial charge is 0.378 e. The second kappa shape index (κ2) is 7.41. The maximum absolute atomic E-state index is 5.39. The molecule has 138 valence electrons. The molecule has 0 bridgehead atoms. The highest BCUT2D eigenvalue weighted by atomic mass is 16.5. The molecule has 8 nitrogen and oxygen atoms in total. The molecule has 4 rings (SSSR count). The average molecular weight is 355 g/mol. The van der Waals surface area contributed by atoms with Gasteiger partial charge in [0.15, 0.2) is 11.6 Å². The van der Waals surface area contributed by atoms with E-state index in [0.717, 1.165) is 81.5 Å². The SMILES string of the molecule is Cc1cc(N2CCN(c3ccc(N4CCOCC4)nn3)CC2)nc(C)n1. The van der Waals surface area contributed by atoms with E-state index in [2.05, 4.69) is 53.1 Å². The Hall–Kier alpha value is -2.48. The Morgan fingerprint density at radius 3 is 1.81 bits per heavy atom. The molecule has 0 N–H and O–H groups in total. The minimum atomic E-state index is 0.757. The van der Waals surface area contributed by atoms with Crippen molar-refractivity contribution >= 4 is 17.5 Å². The monoisotopic (exact) mass is 355 g/mol. The van der Waals surface area contributed by atoms with Crippen molar-refractivity contribution in [2.45, 2.75) is 13.8 Å². The van der Waals surface area contributed by atoms with Crippen LogP contribution in [0.25, 0.3) is 0 Å². The summed E-state index contributed by atoms with van der Waals surface area (Å²) in [6.07, 6.45) is 0. The highest BCUT2D eigenvalue weighted by Crippen LogP contribution is 2.20. The molecular weight excluding hydrogens is 330 g/mol. The molecule has 0 unspecified atom stereocenters. The molecule has 2 aliphatic rings. The lowest BCUT2D eigenvalue weighted by molar-refractivity contribution is 0.122. The molecule has 2 aromatic rings. The number of hydrogen-bond acceptors (Lipinski definition) is 8. The van der Waals surface area contributed by atoms with Gasteiger partial charge in [0.05, 0.1) is 13.2 Å². The van der Waals surface area contributed by atoms with Crippen molar-refractivity contribution in [2.24, 2.45) is 0 Å². The van der Waals surface area contributed by atoms with Gasteiger partial charge in [-0.3, -0.25) is 0 Å². The highest BCUT2D eigenvalue weighted by molar-refractivity contribution is 5.48. The standard InChI is InChI=1S/C18H25N7O/c1-14-13-18(20-15(2)19-14)24-7-5-23(6-8-24)16-3-4-17(22-21-16)25-9-11-26-12-10-25/h3-4,13H,5-12H2,1-2H3. The van der Waals surface area contributed by atoms with E-state index in [4.69, 9.17) is 4.74 Å². The minimum Gasteiger partial charge on any atom is -0.378 e. The number of hydrogen-bond donors (Lipinski definition) is 0. The summed E-state index contributed by atoms with van der Waals surface area (Å²) in [4.78, 5) is 15.8. The number of rotatable bonds is 3. The van der Waals surface area contributed by atoms with Crippen molar-refractivity contribution in [2.75, 3.05) is 67.2 Å². The van der Waals surface area contributed by atoms with E-state index in [1.807, 2.05) is 13.8 Å². The molecule has 2 fully saturated rings. The zero-order valence-electron chi connectivity index (χ0n) is 15.4. The predicted octanol–water partition coefficient (Wildman–Crippen LogP) is 1.05. The fourth-order valence-corrected chi connectivity index (χ4v) is 3.47. The van der Waals surface area contributed by atoms with E-state index in [1.54, 1.807) is 0 Å². The van der Waals surface area contributed by atoms with E-state index in [1.165, 1.54) is 0 Å². The summed E-state index contributed by atoms with van der Waals surface area (Å²) in [5, 5.41) is 8.88. The Morgan fingerprint density at radius 2 is 1.27 bits per heavy atom. The van der Waals surface area contributed by atoms with Gasteiger partial charge < -0.3 is 19.4 Å². The van der Waals surface area contributed by atoms with Crippen LogP contribution in [-0.4, -0.2) is 72.6 Å². The van der Waals surface area contributed by atoms with Gasteiger partial charge in [0.1, 0.15) is 11.6 Å². The van der Waals surface area contributed by atoms with Gasteiger partial charge in [-0.25, -0.2) is 9.97 Å². The highest BCUT2D eigenvalue weighted by Gasteiger charge is 2.20. The topological polar surface area (TPSA) is 70.5 Å². The maximum Gasteiger partial charge on any atom is 0.151 e.